The second kappa shape index (κ2) is 33.7. The topological polar surface area (TPSA) is 124 Å². The first-order chi connectivity index (χ1) is 30.1. The SMILES string of the molecule is CC(CO)OC(=O)COCCN1CCN([C@H](c2ccccc2)c2ccc(Cl)cc2)CC1.CC(O)COC(=O)COCCN1CCN([C@H](c2ccccc2)c2ccc(Cl)cc2)CC1.Cl.Cl.Cl.Cl. The number of carbonyl (C=O) groups is 2. The lowest BCUT2D eigenvalue weighted by molar-refractivity contribution is -0.155. The molecule has 2 unspecified atom stereocenters. The van der Waals surface area contributed by atoms with Crippen LogP contribution < -0.4 is 0 Å². The number of aliphatic hydroxyl groups excluding tert-OH is 2. The summed E-state index contributed by atoms with van der Waals surface area (Å²) in [6.07, 6.45) is -1.16. The maximum absolute atomic E-state index is 11.6. The van der Waals surface area contributed by atoms with E-state index in [9.17, 15) is 9.59 Å². The van der Waals surface area contributed by atoms with Gasteiger partial charge >= 0.3 is 11.9 Å². The van der Waals surface area contributed by atoms with Gasteiger partial charge in [0.2, 0.25) is 0 Å². The maximum Gasteiger partial charge on any atom is 0.332 e. The summed E-state index contributed by atoms with van der Waals surface area (Å²) in [6, 6.07) is 37.7. The fourth-order valence-corrected chi connectivity index (χ4v) is 7.78. The van der Waals surface area contributed by atoms with Crippen LogP contribution in [0.4, 0.5) is 0 Å². The minimum absolute atomic E-state index is 0. The molecule has 2 fully saturated rings. The average Bonchev–Trinajstić information content (AvgIpc) is 3.29. The molecule has 2 aliphatic heterocycles. The summed E-state index contributed by atoms with van der Waals surface area (Å²) in [5, 5.41) is 19.5. The lowest BCUT2D eigenvalue weighted by Crippen LogP contribution is -2.48. The van der Waals surface area contributed by atoms with Crippen LogP contribution >= 0.6 is 72.8 Å². The number of hydrogen-bond acceptors (Lipinski definition) is 12. The molecule has 4 aromatic rings. The van der Waals surface area contributed by atoms with Crippen LogP contribution in [0.5, 0.6) is 0 Å². The normalized spacial score (nSPS) is 16.2. The fourth-order valence-electron chi connectivity index (χ4n) is 7.53. The Morgan fingerprint density at radius 2 is 0.924 bits per heavy atom. The molecule has 368 valence electrons. The number of ether oxygens (including phenoxy) is 4. The van der Waals surface area contributed by atoms with E-state index >= 15 is 0 Å². The molecule has 6 rings (SSSR count). The fraction of sp³-hybridized carbons (Fsp3) is 0.458. The molecule has 18 heteroatoms. The molecule has 0 aromatic heterocycles. The molecule has 0 radical (unpaired) electrons. The van der Waals surface area contributed by atoms with Gasteiger partial charge in [-0.1, -0.05) is 108 Å². The van der Waals surface area contributed by atoms with Gasteiger partial charge in [-0.25, -0.2) is 9.59 Å². The van der Waals surface area contributed by atoms with Crippen molar-refractivity contribution in [3.63, 3.8) is 0 Å². The Morgan fingerprint density at radius 3 is 1.29 bits per heavy atom. The van der Waals surface area contributed by atoms with Crippen LogP contribution in [-0.4, -0.2) is 159 Å². The summed E-state index contributed by atoms with van der Waals surface area (Å²) in [4.78, 5) is 32.8. The van der Waals surface area contributed by atoms with Gasteiger partial charge in [-0.3, -0.25) is 19.6 Å². The Hall–Kier alpha value is -2.76. The molecule has 12 nitrogen and oxygen atoms in total. The molecule has 4 aromatic carbocycles. The molecular formula is C48H66Cl6N4O8. The molecule has 2 N–H and O–H groups in total. The van der Waals surface area contributed by atoms with Gasteiger partial charge in [0.1, 0.15) is 25.9 Å². The van der Waals surface area contributed by atoms with E-state index < -0.39 is 24.1 Å². The highest BCUT2D eigenvalue weighted by Gasteiger charge is 2.28. The Kier molecular flexibility index (Phi) is 31.3. The molecule has 0 saturated carbocycles. The molecule has 2 aliphatic rings. The summed E-state index contributed by atoms with van der Waals surface area (Å²) < 4.78 is 20.7. The second-order valence-corrected chi connectivity index (χ2v) is 16.5. The number of rotatable bonds is 20. The van der Waals surface area contributed by atoms with Gasteiger partial charge in [0.25, 0.3) is 0 Å². The Morgan fingerprint density at radius 1 is 0.561 bits per heavy atom. The number of aliphatic hydroxyl groups is 2. The number of esters is 2. The van der Waals surface area contributed by atoms with E-state index in [0.29, 0.717) is 13.2 Å². The van der Waals surface area contributed by atoms with Crippen molar-refractivity contribution in [1.82, 2.24) is 19.6 Å². The number of benzene rings is 4. The summed E-state index contributed by atoms with van der Waals surface area (Å²) in [5.74, 6) is -0.889. The summed E-state index contributed by atoms with van der Waals surface area (Å²) in [7, 11) is 0. The Balaban J connectivity index is 0.000000622. The van der Waals surface area contributed by atoms with E-state index in [1.807, 2.05) is 36.4 Å². The highest BCUT2D eigenvalue weighted by Crippen LogP contribution is 2.32. The van der Waals surface area contributed by atoms with Gasteiger partial charge in [-0.05, 0) is 60.4 Å². The van der Waals surface area contributed by atoms with E-state index in [4.69, 9.17) is 52.4 Å². The van der Waals surface area contributed by atoms with Crippen molar-refractivity contribution in [3.8, 4) is 0 Å². The number of piperazine rings is 2. The number of nitrogens with zero attached hydrogens (tertiary/aromatic N) is 4. The van der Waals surface area contributed by atoms with E-state index in [2.05, 4.69) is 92.4 Å². The number of carbonyl (C=O) groups excluding carboxylic acids is 2. The molecule has 2 saturated heterocycles. The minimum Gasteiger partial charge on any atom is -0.461 e. The predicted octanol–water partition coefficient (Wildman–Crippen LogP) is 7.66. The van der Waals surface area contributed by atoms with E-state index in [1.165, 1.54) is 22.3 Å². The van der Waals surface area contributed by atoms with Gasteiger partial charge in [0.15, 0.2) is 0 Å². The van der Waals surface area contributed by atoms with Crippen molar-refractivity contribution >= 4 is 84.8 Å². The molecule has 0 amide bonds. The van der Waals surface area contributed by atoms with Crippen LogP contribution in [0, 0.1) is 0 Å². The van der Waals surface area contributed by atoms with Crippen LogP contribution in [0.25, 0.3) is 0 Å². The van der Waals surface area contributed by atoms with Gasteiger partial charge in [0.05, 0.1) is 38.0 Å². The maximum atomic E-state index is 11.6. The van der Waals surface area contributed by atoms with Crippen molar-refractivity contribution < 1.29 is 38.7 Å². The zero-order valence-corrected chi connectivity index (χ0v) is 42.3. The second-order valence-electron chi connectivity index (χ2n) is 15.6. The molecule has 66 heavy (non-hydrogen) atoms. The molecule has 0 bridgehead atoms. The lowest BCUT2D eigenvalue weighted by atomic mass is 9.96. The first kappa shape index (κ1) is 61.3. The van der Waals surface area contributed by atoms with E-state index in [1.54, 1.807) is 13.8 Å². The van der Waals surface area contributed by atoms with E-state index in [0.717, 1.165) is 75.5 Å². The van der Waals surface area contributed by atoms with Gasteiger partial charge in [0, 0.05) is 75.5 Å². The first-order valence-electron chi connectivity index (χ1n) is 21.4. The van der Waals surface area contributed by atoms with Crippen LogP contribution in [0.3, 0.4) is 0 Å². The first-order valence-corrected chi connectivity index (χ1v) is 22.2. The van der Waals surface area contributed by atoms with Gasteiger partial charge in [-0.15, -0.1) is 49.6 Å². The Bertz CT molecular complexity index is 1880. The number of halogens is 6. The monoisotopic (exact) mass is 1040 g/mol. The summed E-state index contributed by atoms with van der Waals surface area (Å²) in [6.45, 7) is 12.9. The van der Waals surface area contributed by atoms with Crippen molar-refractivity contribution in [2.75, 3.05) is 105 Å². The van der Waals surface area contributed by atoms with Crippen molar-refractivity contribution in [3.05, 3.63) is 141 Å². The predicted molar refractivity (Wildman–Crippen MR) is 271 cm³/mol. The third-order valence-corrected chi connectivity index (χ3v) is 11.3. The molecule has 4 atom stereocenters. The summed E-state index contributed by atoms with van der Waals surface area (Å²) >= 11 is 12.2. The minimum atomic E-state index is -0.659. The lowest BCUT2D eigenvalue weighted by Gasteiger charge is -2.39. The van der Waals surface area contributed by atoms with Crippen molar-refractivity contribution in [1.29, 1.82) is 0 Å². The number of hydrogen-bond donors (Lipinski definition) is 2. The Labute approximate surface area is 425 Å². The highest BCUT2D eigenvalue weighted by atomic mass is 35.5. The largest absolute Gasteiger partial charge is 0.461 e. The highest BCUT2D eigenvalue weighted by molar-refractivity contribution is 6.30. The van der Waals surface area contributed by atoms with Crippen molar-refractivity contribution in [2.24, 2.45) is 0 Å². The zero-order chi connectivity index (χ0) is 44.1. The molecule has 0 spiro atoms. The smallest absolute Gasteiger partial charge is 0.332 e. The zero-order valence-electron chi connectivity index (χ0n) is 37.5. The van der Waals surface area contributed by atoms with Crippen LogP contribution in [-0.2, 0) is 28.5 Å². The average molecular weight is 1040 g/mol. The molecule has 2 heterocycles. The summed E-state index contributed by atoms with van der Waals surface area (Å²) in [5.41, 5.74) is 5.03. The van der Waals surface area contributed by atoms with Crippen molar-refractivity contribution in [2.45, 2.75) is 38.1 Å². The van der Waals surface area contributed by atoms with Gasteiger partial charge < -0.3 is 29.2 Å². The molecule has 0 aliphatic carbocycles. The van der Waals surface area contributed by atoms with Crippen LogP contribution in [0.15, 0.2) is 109 Å². The molecular weight excluding hydrogens is 973 g/mol. The van der Waals surface area contributed by atoms with Gasteiger partial charge in [-0.2, -0.15) is 0 Å². The van der Waals surface area contributed by atoms with Crippen LogP contribution in [0.1, 0.15) is 48.2 Å². The quantitative estimate of drug-likeness (QED) is 0.0668. The third kappa shape index (κ3) is 21.3. The standard InChI is InChI=1S/2C24H31ClN2O4.4ClH/c1-19(28)17-31-23(29)18-30-16-15-26-11-13-27(14-12-26)24(20-5-3-2-4-6-20)21-7-9-22(25)10-8-21;1-19(17-28)31-23(29)18-30-16-15-26-11-13-27(14-12-26)24(20-5-3-2-4-6-20)21-7-9-22(25)10-8-21;;;;/h2*2-10,19,24,28H,11-18H2,1H3;4*1H/t2*19?,24-;;;;/m11..../s1. The third-order valence-electron chi connectivity index (χ3n) is 10.8. The van der Waals surface area contributed by atoms with E-state index in [-0.39, 0.29) is 88.1 Å². The van der Waals surface area contributed by atoms with Crippen LogP contribution in [0.2, 0.25) is 10.0 Å².